The number of benzene rings is 1. The number of methoxy groups -OCH3 is 1. The molecule has 1 heterocycles. The zero-order valence-corrected chi connectivity index (χ0v) is 12.4. The summed E-state index contributed by atoms with van der Waals surface area (Å²) in [6.07, 6.45) is 0. The highest BCUT2D eigenvalue weighted by Gasteiger charge is 2.13. The number of anilines is 1. The fourth-order valence-corrected chi connectivity index (χ4v) is 1.91. The summed E-state index contributed by atoms with van der Waals surface area (Å²) in [7, 11) is 3.45. The maximum absolute atomic E-state index is 5.89. The van der Waals surface area contributed by atoms with Crippen molar-refractivity contribution in [2.75, 3.05) is 19.5 Å². The van der Waals surface area contributed by atoms with Crippen molar-refractivity contribution in [2.24, 2.45) is 0 Å². The Bertz CT molecular complexity index is 627. The van der Waals surface area contributed by atoms with Crippen LogP contribution in [0.15, 0.2) is 18.2 Å². The first kappa shape index (κ1) is 14.1. The second-order valence-electron chi connectivity index (χ2n) is 4.56. The fourth-order valence-electron chi connectivity index (χ4n) is 1.91. The Morgan fingerprint density at radius 1 is 1.05 bits per heavy atom. The van der Waals surface area contributed by atoms with Crippen LogP contribution in [0.4, 0.5) is 5.82 Å². The summed E-state index contributed by atoms with van der Waals surface area (Å²) in [6.45, 7) is 5.76. The fraction of sp³-hybridized carbons (Fsp3) is 0.333. The number of aryl methyl sites for hydroxylation is 2. The molecule has 2 rings (SSSR count). The average Bonchev–Trinajstić information content (AvgIpc) is 2.44. The van der Waals surface area contributed by atoms with Gasteiger partial charge in [-0.05, 0) is 38.5 Å². The molecule has 1 aromatic carbocycles. The van der Waals surface area contributed by atoms with E-state index in [1.54, 1.807) is 7.11 Å². The van der Waals surface area contributed by atoms with Crippen LogP contribution in [-0.4, -0.2) is 24.1 Å². The van der Waals surface area contributed by atoms with Gasteiger partial charge in [-0.3, -0.25) is 0 Å². The maximum Gasteiger partial charge on any atom is 0.227 e. The van der Waals surface area contributed by atoms with Crippen molar-refractivity contribution in [1.29, 1.82) is 0 Å². The first-order valence-corrected chi connectivity index (χ1v) is 6.40. The molecule has 0 aliphatic carbocycles. The van der Waals surface area contributed by atoms with Crippen LogP contribution < -0.4 is 14.8 Å². The lowest BCUT2D eigenvalue weighted by molar-refractivity contribution is 0.372. The van der Waals surface area contributed by atoms with Crippen molar-refractivity contribution in [3.8, 4) is 17.4 Å². The van der Waals surface area contributed by atoms with E-state index in [0.717, 1.165) is 16.9 Å². The summed E-state index contributed by atoms with van der Waals surface area (Å²) < 4.78 is 11.2. The standard InChI is InChI=1S/C15H19N3O2/c1-9-6-7-12(13(8-9)19-5)20-15-10(2)14(16-4)17-11(3)18-15/h6-8H,1-5H3,(H,16,17,18). The van der Waals surface area contributed by atoms with E-state index in [0.29, 0.717) is 23.2 Å². The van der Waals surface area contributed by atoms with Crippen LogP contribution in [0.5, 0.6) is 17.4 Å². The lowest BCUT2D eigenvalue weighted by Crippen LogP contribution is -2.03. The summed E-state index contributed by atoms with van der Waals surface area (Å²) in [5.41, 5.74) is 1.97. The molecule has 0 saturated carbocycles. The molecule has 0 aliphatic rings. The molecule has 0 radical (unpaired) electrons. The third kappa shape index (κ3) is 2.82. The topological polar surface area (TPSA) is 56.3 Å². The second-order valence-corrected chi connectivity index (χ2v) is 4.56. The molecule has 5 heteroatoms. The molecule has 20 heavy (non-hydrogen) atoms. The minimum absolute atomic E-state index is 0.531. The van der Waals surface area contributed by atoms with E-state index in [1.165, 1.54) is 0 Å². The highest BCUT2D eigenvalue weighted by molar-refractivity contribution is 5.51. The molecular weight excluding hydrogens is 254 g/mol. The van der Waals surface area contributed by atoms with E-state index < -0.39 is 0 Å². The maximum atomic E-state index is 5.89. The monoisotopic (exact) mass is 273 g/mol. The molecule has 5 nitrogen and oxygen atoms in total. The molecule has 0 aliphatic heterocycles. The highest BCUT2D eigenvalue weighted by Crippen LogP contribution is 2.33. The average molecular weight is 273 g/mol. The van der Waals surface area contributed by atoms with Crippen molar-refractivity contribution < 1.29 is 9.47 Å². The number of hydrogen-bond donors (Lipinski definition) is 1. The van der Waals surface area contributed by atoms with Crippen molar-refractivity contribution in [3.05, 3.63) is 35.2 Å². The molecule has 0 spiro atoms. The van der Waals surface area contributed by atoms with Crippen LogP contribution in [-0.2, 0) is 0 Å². The number of hydrogen-bond acceptors (Lipinski definition) is 5. The minimum atomic E-state index is 0.531. The number of nitrogens with zero attached hydrogens (tertiary/aromatic N) is 2. The first-order chi connectivity index (χ1) is 9.55. The van der Waals surface area contributed by atoms with Crippen LogP contribution in [0.3, 0.4) is 0 Å². The number of nitrogens with one attached hydrogen (secondary N) is 1. The third-order valence-corrected chi connectivity index (χ3v) is 2.98. The Balaban J connectivity index is 2.42. The van der Waals surface area contributed by atoms with Gasteiger partial charge >= 0.3 is 0 Å². The van der Waals surface area contributed by atoms with Crippen LogP contribution in [0.25, 0.3) is 0 Å². The Morgan fingerprint density at radius 2 is 1.80 bits per heavy atom. The van der Waals surface area contributed by atoms with Crippen LogP contribution >= 0.6 is 0 Å². The largest absolute Gasteiger partial charge is 0.493 e. The van der Waals surface area contributed by atoms with Gasteiger partial charge in [0.2, 0.25) is 5.88 Å². The van der Waals surface area contributed by atoms with E-state index in [4.69, 9.17) is 9.47 Å². The molecule has 0 bridgehead atoms. The lowest BCUT2D eigenvalue weighted by Gasteiger charge is -2.14. The highest BCUT2D eigenvalue weighted by atomic mass is 16.5. The van der Waals surface area contributed by atoms with Gasteiger partial charge in [0.1, 0.15) is 11.6 Å². The summed E-state index contributed by atoms with van der Waals surface area (Å²) in [4.78, 5) is 8.66. The summed E-state index contributed by atoms with van der Waals surface area (Å²) >= 11 is 0. The van der Waals surface area contributed by atoms with Gasteiger partial charge < -0.3 is 14.8 Å². The van der Waals surface area contributed by atoms with Gasteiger partial charge in [-0.25, -0.2) is 4.98 Å². The lowest BCUT2D eigenvalue weighted by atomic mass is 10.2. The zero-order chi connectivity index (χ0) is 14.7. The molecule has 0 amide bonds. The third-order valence-electron chi connectivity index (χ3n) is 2.98. The molecule has 1 aromatic heterocycles. The predicted octanol–water partition coefficient (Wildman–Crippen LogP) is 3.24. The zero-order valence-electron chi connectivity index (χ0n) is 12.4. The van der Waals surface area contributed by atoms with Gasteiger partial charge in [-0.2, -0.15) is 4.98 Å². The molecule has 0 atom stereocenters. The molecule has 0 fully saturated rings. The Kier molecular flexibility index (Phi) is 4.08. The van der Waals surface area contributed by atoms with E-state index in [1.807, 2.05) is 46.0 Å². The number of aromatic nitrogens is 2. The van der Waals surface area contributed by atoms with Crippen LogP contribution in [0.2, 0.25) is 0 Å². The van der Waals surface area contributed by atoms with Crippen molar-refractivity contribution in [3.63, 3.8) is 0 Å². The van der Waals surface area contributed by atoms with Gasteiger partial charge in [-0.1, -0.05) is 6.07 Å². The summed E-state index contributed by atoms with van der Waals surface area (Å²) in [5, 5.41) is 3.04. The minimum Gasteiger partial charge on any atom is -0.493 e. The Morgan fingerprint density at radius 3 is 2.45 bits per heavy atom. The first-order valence-electron chi connectivity index (χ1n) is 6.40. The summed E-state index contributed by atoms with van der Waals surface area (Å²) in [6, 6.07) is 5.78. The smallest absolute Gasteiger partial charge is 0.227 e. The SMILES string of the molecule is CNc1nc(C)nc(Oc2ccc(C)cc2OC)c1C. The van der Waals surface area contributed by atoms with Gasteiger partial charge in [0.05, 0.1) is 12.7 Å². The Hall–Kier alpha value is -2.30. The van der Waals surface area contributed by atoms with Gasteiger partial charge in [0.15, 0.2) is 11.5 Å². The van der Waals surface area contributed by atoms with E-state index in [9.17, 15) is 0 Å². The Labute approximate surface area is 119 Å². The van der Waals surface area contributed by atoms with Crippen molar-refractivity contribution in [2.45, 2.75) is 20.8 Å². The van der Waals surface area contributed by atoms with Crippen molar-refractivity contribution in [1.82, 2.24) is 9.97 Å². The molecule has 2 aromatic rings. The van der Waals surface area contributed by atoms with Gasteiger partial charge in [0.25, 0.3) is 0 Å². The number of rotatable bonds is 4. The van der Waals surface area contributed by atoms with Gasteiger partial charge in [0, 0.05) is 7.05 Å². The quantitative estimate of drug-likeness (QED) is 0.926. The predicted molar refractivity (Wildman–Crippen MR) is 78.9 cm³/mol. The van der Waals surface area contributed by atoms with Crippen LogP contribution in [0, 0.1) is 20.8 Å². The van der Waals surface area contributed by atoms with E-state index >= 15 is 0 Å². The normalized spacial score (nSPS) is 10.2. The molecule has 0 unspecified atom stereocenters. The van der Waals surface area contributed by atoms with Crippen LogP contribution in [0.1, 0.15) is 17.0 Å². The molecular formula is C15H19N3O2. The van der Waals surface area contributed by atoms with E-state index in [-0.39, 0.29) is 0 Å². The summed E-state index contributed by atoms with van der Waals surface area (Å²) in [5.74, 6) is 3.27. The molecule has 106 valence electrons. The molecule has 1 N–H and O–H groups in total. The van der Waals surface area contributed by atoms with Crippen molar-refractivity contribution >= 4 is 5.82 Å². The number of ether oxygens (including phenoxy) is 2. The van der Waals surface area contributed by atoms with Gasteiger partial charge in [-0.15, -0.1) is 0 Å². The van der Waals surface area contributed by atoms with E-state index in [2.05, 4.69) is 15.3 Å². The molecule has 0 saturated heterocycles. The second kappa shape index (κ2) is 5.77.